The van der Waals surface area contributed by atoms with E-state index in [2.05, 4.69) is 12.2 Å². The van der Waals surface area contributed by atoms with Gasteiger partial charge in [-0.1, -0.05) is 19.1 Å². The second-order valence-electron chi connectivity index (χ2n) is 2.91. The number of thiocarbonyl (C=S) groups is 1. The summed E-state index contributed by atoms with van der Waals surface area (Å²) in [6.07, 6.45) is 0. The summed E-state index contributed by atoms with van der Waals surface area (Å²) in [5.41, 5.74) is 5.31. The van der Waals surface area contributed by atoms with Gasteiger partial charge in [0.15, 0.2) is 0 Å². The fourth-order valence-electron chi connectivity index (χ4n) is 1.02. The molecule has 0 rings (SSSR count). The third kappa shape index (κ3) is 6.03. The Morgan fingerprint density at radius 2 is 2.07 bits per heavy atom. The van der Waals surface area contributed by atoms with Crippen LogP contribution in [-0.2, 0) is 14.8 Å². The van der Waals surface area contributed by atoms with E-state index in [1.54, 1.807) is 6.92 Å². The third-order valence-corrected chi connectivity index (χ3v) is 3.75. The molecule has 5 nitrogen and oxygen atoms in total. The Morgan fingerprint density at radius 3 is 2.47 bits per heavy atom. The largest absolute Gasteiger partial charge is 0.392 e. The van der Waals surface area contributed by atoms with E-state index in [0.717, 1.165) is 0 Å². The average Bonchev–Trinajstić information content (AvgIpc) is 2.14. The van der Waals surface area contributed by atoms with Crippen LogP contribution in [0.15, 0.2) is 0 Å². The maximum atomic E-state index is 11.7. The van der Waals surface area contributed by atoms with E-state index in [4.69, 9.17) is 10.5 Å². The molecule has 0 bridgehead atoms. The Balaban J connectivity index is 4.32. The summed E-state index contributed by atoms with van der Waals surface area (Å²) in [5.74, 6) is -0.0305. The highest BCUT2D eigenvalue weighted by Gasteiger charge is 2.20. The van der Waals surface area contributed by atoms with Crippen molar-refractivity contribution >= 4 is 27.2 Å². The molecule has 7 heteroatoms. The molecule has 0 atom stereocenters. The molecule has 0 aliphatic rings. The molecule has 0 heterocycles. The summed E-state index contributed by atoms with van der Waals surface area (Å²) in [4.78, 5) is 0.178. The maximum absolute atomic E-state index is 11.7. The van der Waals surface area contributed by atoms with Crippen molar-refractivity contribution in [1.82, 2.24) is 4.31 Å². The zero-order valence-corrected chi connectivity index (χ0v) is 10.7. The molecule has 0 saturated carbocycles. The Morgan fingerprint density at radius 1 is 1.47 bits per heavy atom. The van der Waals surface area contributed by atoms with Crippen molar-refractivity contribution in [2.75, 3.05) is 32.1 Å². The zero-order chi connectivity index (χ0) is 11.9. The fraction of sp³-hybridized carbons (Fsp3) is 0.875. The van der Waals surface area contributed by atoms with Crippen LogP contribution in [0.5, 0.6) is 0 Å². The molecule has 0 aliphatic carbocycles. The number of hydrogen-bond acceptors (Lipinski definition) is 4. The minimum Gasteiger partial charge on any atom is -0.392 e. The van der Waals surface area contributed by atoms with Crippen LogP contribution in [0.3, 0.4) is 0 Å². The predicted octanol–water partition coefficient (Wildman–Crippen LogP) is -0.0393. The smallest absolute Gasteiger partial charge is 0.216 e. The van der Waals surface area contributed by atoms with Crippen molar-refractivity contribution in [3.8, 4) is 0 Å². The average molecular weight is 254 g/mol. The van der Waals surface area contributed by atoms with Crippen molar-refractivity contribution < 1.29 is 13.2 Å². The van der Waals surface area contributed by atoms with Gasteiger partial charge in [-0.15, -0.1) is 0 Å². The number of nitrogens with zero attached hydrogens (tertiary/aromatic N) is 1. The normalized spacial score (nSPS) is 11.9. The fourth-order valence-corrected chi connectivity index (χ4v) is 2.57. The first-order valence-electron chi connectivity index (χ1n) is 4.77. The number of sulfonamides is 1. The molecule has 15 heavy (non-hydrogen) atoms. The summed E-state index contributed by atoms with van der Waals surface area (Å²) < 4.78 is 29.7. The number of ether oxygens (including phenoxy) is 1. The molecule has 2 N–H and O–H groups in total. The molecule has 0 fully saturated rings. The summed E-state index contributed by atoms with van der Waals surface area (Å²) in [6, 6.07) is 0. The lowest BCUT2D eigenvalue weighted by molar-refractivity contribution is 0.162. The van der Waals surface area contributed by atoms with Gasteiger partial charge < -0.3 is 10.5 Å². The first-order chi connectivity index (χ1) is 6.94. The molecule has 0 unspecified atom stereocenters. The molecule has 0 aromatic rings. The van der Waals surface area contributed by atoms with Crippen LogP contribution in [0.4, 0.5) is 0 Å². The van der Waals surface area contributed by atoms with Crippen LogP contribution in [0.1, 0.15) is 13.8 Å². The molecule has 0 radical (unpaired) electrons. The van der Waals surface area contributed by atoms with Crippen molar-refractivity contribution in [2.45, 2.75) is 13.8 Å². The van der Waals surface area contributed by atoms with Gasteiger partial charge in [0.1, 0.15) is 0 Å². The van der Waals surface area contributed by atoms with E-state index in [0.29, 0.717) is 13.2 Å². The van der Waals surface area contributed by atoms with E-state index in [1.807, 2.05) is 6.92 Å². The molecule has 0 aromatic carbocycles. The number of hydrogen-bond donors (Lipinski definition) is 1. The van der Waals surface area contributed by atoms with Crippen molar-refractivity contribution in [2.24, 2.45) is 5.73 Å². The van der Waals surface area contributed by atoms with Gasteiger partial charge >= 0.3 is 0 Å². The topological polar surface area (TPSA) is 72.6 Å². The highest BCUT2D eigenvalue weighted by atomic mass is 32.2. The lowest BCUT2D eigenvalue weighted by Crippen LogP contribution is -2.39. The Kier molecular flexibility index (Phi) is 6.99. The molecular formula is C8H18N2O3S2. The Labute approximate surface area is 96.6 Å². The SMILES string of the molecule is CCOCCS(=O)(=O)N(CC)CC(N)=S. The van der Waals surface area contributed by atoms with Crippen LogP contribution in [0, 0.1) is 0 Å². The predicted molar refractivity (Wildman–Crippen MR) is 64.3 cm³/mol. The first-order valence-corrected chi connectivity index (χ1v) is 6.79. The van der Waals surface area contributed by atoms with E-state index < -0.39 is 10.0 Å². The van der Waals surface area contributed by atoms with E-state index >= 15 is 0 Å². The second-order valence-corrected chi connectivity index (χ2v) is 5.52. The van der Waals surface area contributed by atoms with Crippen LogP contribution < -0.4 is 5.73 Å². The van der Waals surface area contributed by atoms with E-state index in [9.17, 15) is 8.42 Å². The molecule has 90 valence electrons. The minimum atomic E-state index is -3.30. The van der Waals surface area contributed by atoms with Gasteiger partial charge in [0, 0.05) is 13.2 Å². The van der Waals surface area contributed by atoms with Crippen LogP contribution in [0.2, 0.25) is 0 Å². The van der Waals surface area contributed by atoms with Gasteiger partial charge in [-0.05, 0) is 6.92 Å². The quantitative estimate of drug-likeness (QED) is 0.486. The van der Waals surface area contributed by atoms with Gasteiger partial charge in [0.05, 0.1) is 23.9 Å². The molecule has 0 aliphatic heterocycles. The van der Waals surface area contributed by atoms with Crippen LogP contribution in [-0.4, -0.2) is 49.8 Å². The van der Waals surface area contributed by atoms with Gasteiger partial charge in [-0.3, -0.25) is 0 Å². The van der Waals surface area contributed by atoms with Gasteiger partial charge in [0.2, 0.25) is 10.0 Å². The lowest BCUT2D eigenvalue weighted by atomic mass is 10.6. The summed E-state index contributed by atoms with van der Waals surface area (Å²) in [5, 5.41) is 0. The monoisotopic (exact) mass is 254 g/mol. The molecular weight excluding hydrogens is 236 g/mol. The number of likely N-dealkylation sites (N-methyl/N-ethyl adjacent to an activating group) is 1. The van der Waals surface area contributed by atoms with E-state index in [1.165, 1.54) is 4.31 Å². The zero-order valence-electron chi connectivity index (χ0n) is 9.10. The van der Waals surface area contributed by atoms with Crippen LogP contribution in [0.25, 0.3) is 0 Å². The third-order valence-electron chi connectivity index (χ3n) is 1.77. The van der Waals surface area contributed by atoms with Crippen molar-refractivity contribution in [3.63, 3.8) is 0 Å². The summed E-state index contributed by atoms with van der Waals surface area (Å²) in [7, 11) is -3.30. The standard InChI is InChI=1S/C8H18N2O3S2/c1-3-10(7-8(9)14)15(11,12)6-5-13-4-2/h3-7H2,1-2H3,(H2,9,14). The maximum Gasteiger partial charge on any atom is 0.216 e. The van der Waals surface area contributed by atoms with Crippen molar-refractivity contribution in [1.29, 1.82) is 0 Å². The van der Waals surface area contributed by atoms with Gasteiger partial charge in [0.25, 0.3) is 0 Å². The molecule has 0 saturated heterocycles. The second kappa shape index (κ2) is 7.10. The molecule has 0 spiro atoms. The number of rotatable bonds is 8. The number of nitrogens with two attached hydrogens (primary N) is 1. The molecule has 0 amide bonds. The summed E-state index contributed by atoms with van der Waals surface area (Å²) in [6.45, 7) is 4.74. The first kappa shape index (κ1) is 14.8. The van der Waals surface area contributed by atoms with Crippen molar-refractivity contribution in [3.05, 3.63) is 0 Å². The highest BCUT2D eigenvalue weighted by molar-refractivity contribution is 7.89. The lowest BCUT2D eigenvalue weighted by Gasteiger charge is -2.19. The van der Waals surface area contributed by atoms with Gasteiger partial charge in [-0.2, -0.15) is 4.31 Å². The van der Waals surface area contributed by atoms with Gasteiger partial charge in [-0.25, -0.2) is 8.42 Å². The molecule has 0 aromatic heterocycles. The van der Waals surface area contributed by atoms with Crippen LogP contribution >= 0.6 is 12.2 Å². The minimum absolute atomic E-state index is 0.0305. The Bertz CT molecular complexity index is 290. The Hall–Kier alpha value is -0.240. The van der Waals surface area contributed by atoms with E-state index in [-0.39, 0.29) is 23.9 Å². The highest BCUT2D eigenvalue weighted by Crippen LogP contribution is 2.01. The summed E-state index contributed by atoms with van der Waals surface area (Å²) >= 11 is 4.68.